The van der Waals surface area contributed by atoms with E-state index < -0.39 is 0 Å². The maximum atomic E-state index is 12.5. The Morgan fingerprint density at radius 3 is 2.55 bits per heavy atom. The molecule has 0 unspecified atom stereocenters. The Labute approximate surface area is 119 Å². The van der Waals surface area contributed by atoms with Crippen LogP contribution in [0.3, 0.4) is 0 Å². The van der Waals surface area contributed by atoms with Crippen molar-refractivity contribution in [2.45, 2.75) is 25.8 Å². The number of rotatable bonds is 2. The van der Waals surface area contributed by atoms with Crippen molar-refractivity contribution < 1.29 is 9.53 Å². The summed E-state index contributed by atoms with van der Waals surface area (Å²) in [5, 5.41) is 0. The third-order valence-electron chi connectivity index (χ3n) is 4.72. The van der Waals surface area contributed by atoms with Gasteiger partial charge in [0.15, 0.2) is 0 Å². The fourth-order valence-electron chi connectivity index (χ4n) is 3.29. The molecular weight excluding hydrogens is 252 g/mol. The molecule has 2 heterocycles. The molecule has 4 heteroatoms. The molecule has 2 saturated heterocycles. The highest BCUT2D eigenvalue weighted by Gasteiger charge is 2.40. The summed E-state index contributed by atoms with van der Waals surface area (Å²) in [6.07, 6.45) is 3.29. The maximum absolute atomic E-state index is 12.5. The molecule has 0 radical (unpaired) electrons. The zero-order valence-corrected chi connectivity index (χ0v) is 11.8. The van der Waals surface area contributed by atoms with Crippen LogP contribution in [-0.2, 0) is 11.3 Å². The average molecular weight is 274 g/mol. The van der Waals surface area contributed by atoms with Crippen molar-refractivity contribution >= 4 is 5.91 Å². The van der Waals surface area contributed by atoms with Crippen molar-refractivity contribution in [3.05, 3.63) is 35.4 Å². The van der Waals surface area contributed by atoms with Crippen molar-refractivity contribution in [2.75, 3.05) is 26.3 Å². The predicted molar refractivity (Wildman–Crippen MR) is 77.3 cm³/mol. The standard InChI is InChI=1S/C16H22N2O2/c17-11-13-1-3-14(4-2-13)15(19)18-8-5-16(12-18)6-9-20-10-7-16/h1-4H,5-12,17H2. The molecule has 1 spiro atoms. The number of amides is 1. The number of carbonyl (C=O) groups excluding carboxylic acids is 1. The summed E-state index contributed by atoms with van der Waals surface area (Å²) in [6.45, 7) is 3.95. The van der Waals surface area contributed by atoms with Crippen LogP contribution in [-0.4, -0.2) is 37.1 Å². The third-order valence-corrected chi connectivity index (χ3v) is 4.72. The lowest BCUT2D eigenvalue weighted by Gasteiger charge is -2.33. The molecule has 1 amide bonds. The maximum Gasteiger partial charge on any atom is 0.253 e. The lowest BCUT2D eigenvalue weighted by Crippen LogP contribution is -2.35. The summed E-state index contributed by atoms with van der Waals surface area (Å²) in [5.41, 5.74) is 7.72. The van der Waals surface area contributed by atoms with E-state index in [9.17, 15) is 4.79 Å². The normalized spacial score (nSPS) is 21.4. The van der Waals surface area contributed by atoms with Crippen LogP contribution in [0.5, 0.6) is 0 Å². The first-order valence-electron chi connectivity index (χ1n) is 7.38. The number of likely N-dealkylation sites (tertiary alicyclic amines) is 1. The number of carbonyl (C=O) groups is 1. The van der Waals surface area contributed by atoms with E-state index in [2.05, 4.69) is 0 Å². The van der Waals surface area contributed by atoms with Gasteiger partial charge in [0.1, 0.15) is 0 Å². The van der Waals surface area contributed by atoms with Crippen molar-refractivity contribution in [3.8, 4) is 0 Å². The van der Waals surface area contributed by atoms with E-state index in [1.54, 1.807) is 0 Å². The smallest absolute Gasteiger partial charge is 0.253 e. The number of nitrogens with two attached hydrogens (primary N) is 1. The quantitative estimate of drug-likeness (QED) is 0.894. The van der Waals surface area contributed by atoms with E-state index in [0.29, 0.717) is 12.0 Å². The Kier molecular flexibility index (Phi) is 3.76. The summed E-state index contributed by atoms with van der Waals surface area (Å²) in [7, 11) is 0. The van der Waals surface area contributed by atoms with Gasteiger partial charge in [0.2, 0.25) is 0 Å². The van der Waals surface area contributed by atoms with Crippen LogP contribution < -0.4 is 5.73 Å². The molecule has 0 atom stereocenters. The molecule has 2 aliphatic heterocycles. The first-order valence-corrected chi connectivity index (χ1v) is 7.38. The summed E-state index contributed by atoms with van der Waals surface area (Å²) in [4.78, 5) is 14.5. The lowest BCUT2D eigenvalue weighted by molar-refractivity contribution is 0.0191. The molecule has 4 nitrogen and oxygen atoms in total. The minimum absolute atomic E-state index is 0.150. The van der Waals surface area contributed by atoms with Crippen LogP contribution in [0.25, 0.3) is 0 Å². The van der Waals surface area contributed by atoms with Crippen molar-refractivity contribution in [3.63, 3.8) is 0 Å². The van der Waals surface area contributed by atoms with Gasteiger partial charge in [-0.1, -0.05) is 12.1 Å². The highest BCUT2D eigenvalue weighted by Crippen LogP contribution is 2.40. The van der Waals surface area contributed by atoms with E-state index >= 15 is 0 Å². The summed E-state index contributed by atoms with van der Waals surface area (Å²) >= 11 is 0. The van der Waals surface area contributed by atoms with Crippen LogP contribution in [0.15, 0.2) is 24.3 Å². The number of benzene rings is 1. The van der Waals surface area contributed by atoms with Gasteiger partial charge >= 0.3 is 0 Å². The van der Waals surface area contributed by atoms with Crippen molar-refractivity contribution in [1.29, 1.82) is 0 Å². The van der Waals surface area contributed by atoms with Crippen LogP contribution >= 0.6 is 0 Å². The second-order valence-corrected chi connectivity index (χ2v) is 5.99. The Balaban J connectivity index is 1.68. The Morgan fingerprint density at radius 1 is 1.20 bits per heavy atom. The Hall–Kier alpha value is -1.39. The molecule has 0 aliphatic carbocycles. The minimum atomic E-state index is 0.150. The number of hydrogen-bond donors (Lipinski definition) is 1. The SMILES string of the molecule is NCc1ccc(C(=O)N2CCC3(CCOCC3)C2)cc1. The zero-order valence-electron chi connectivity index (χ0n) is 11.8. The molecule has 3 rings (SSSR count). The summed E-state index contributed by atoms with van der Waals surface area (Å²) < 4.78 is 5.45. The number of nitrogens with zero attached hydrogens (tertiary/aromatic N) is 1. The van der Waals surface area contributed by atoms with Crippen LogP contribution in [0, 0.1) is 5.41 Å². The molecule has 0 bridgehead atoms. The molecule has 1 aromatic carbocycles. The topological polar surface area (TPSA) is 55.6 Å². The van der Waals surface area contributed by atoms with Gasteiger partial charge in [-0.05, 0) is 42.4 Å². The number of hydrogen-bond acceptors (Lipinski definition) is 3. The Bertz CT molecular complexity index is 478. The van der Waals surface area contributed by atoms with Gasteiger partial charge < -0.3 is 15.4 Å². The van der Waals surface area contributed by atoms with Crippen molar-refractivity contribution in [1.82, 2.24) is 4.90 Å². The molecule has 0 saturated carbocycles. The minimum Gasteiger partial charge on any atom is -0.381 e. The largest absolute Gasteiger partial charge is 0.381 e. The summed E-state index contributed by atoms with van der Waals surface area (Å²) in [6, 6.07) is 7.65. The molecule has 20 heavy (non-hydrogen) atoms. The van der Waals surface area contributed by atoms with Gasteiger partial charge in [0.05, 0.1) is 0 Å². The van der Waals surface area contributed by atoms with Gasteiger partial charge in [-0.25, -0.2) is 0 Å². The van der Waals surface area contributed by atoms with E-state index in [-0.39, 0.29) is 5.91 Å². The molecular formula is C16H22N2O2. The van der Waals surface area contributed by atoms with Crippen molar-refractivity contribution in [2.24, 2.45) is 11.1 Å². The van der Waals surface area contributed by atoms with E-state index in [1.165, 1.54) is 0 Å². The first-order chi connectivity index (χ1) is 9.72. The third kappa shape index (κ3) is 2.58. The number of ether oxygens (including phenoxy) is 1. The van der Waals surface area contributed by atoms with Gasteiger partial charge in [0, 0.05) is 38.4 Å². The van der Waals surface area contributed by atoms with Crippen LogP contribution in [0.1, 0.15) is 35.2 Å². The molecule has 0 aromatic heterocycles. The molecule has 2 aliphatic rings. The molecule has 2 fully saturated rings. The zero-order chi connectivity index (χ0) is 14.0. The lowest BCUT2D eigenvalue weighted by atomic mass is 9.80. The fourth-order valence-corrected chi connectivity index (χ4v) is 3.29. The average Bonchev–Trinajstić information content (AvgIpc) is 2.91. The first kappa shape index (κ1) is 13.6. The second-order valence-electron chi connectivity index (χ2n) is 5.99. The second kappa shape index (κ2) is 5.54. The van der Waals surface area contributed by atoms with Gasteiger partial charge in [-0.2, -0.15) is 0 Å². The molecule has 1 aromatic rings. The van der Waals surface area contributed by atoms with E-state index in [1.807, 2.05) is 29.2 Å². The van der Waals surface area contributed by atoms with Crippen LogP contribution in [0.2, 0.25) is 0 Å². The molecule has 2 N–H and O–H groups in total. The molecule has 108 valence electrons. The highest BCUT2D eigenvalue weighted by atomic mass is 16.5. The summed E-state index contributed by atoms with van der Waals surface area (Å²) in [5.74, 6) is 0.150. The van der Waals surface area contributed by atoms with Gasteiger partial charge in [-0.15, -0.1) is 0 Å². The Morgan fingerprint density at radius 2 is 1.90 bits per heavy atom. The van der Waals surface area contributed by atoms with Gasteiger partial charge in [0.25, 0.3) is 5.91 Å². The van der Waals surface area contributed by atoms with E-state index in [0.717, 1.165) is 56.7 Å². The van der Waals surface area contributed by atoms with Gasteiger partial charge in [-0.3, -0.25) is 4.79 Å². The predicted octanol–water partition coefficient (Wildman–Crippen LogP) is 1.79. The van der Waals surface area contributed by atoms with E-state index in [4.69, 9.17) is 10.5 Å². The van der Waals surface area contributed by atoms with Crippen LogP contribution in [0.4, 0.5) is 0 Å². The fraction of sp³-hybridized carbons (Fsp3) is 0.562. The monoisotopic (exact) mass is 274 g/mol. The highest BCUT2D eigenvalue weighted by molar-refractivity contribution is 5.94.